The molecule has 8 heteroatoms. The highest BCUT2D eigenvalue weighted by Gasteiger charge is 2.30. The van der Waals surface area contributed by atoms with Gasteiger partial charge < -0.3 is 15.3 Å². The molecule has 1 atom stereocenters. The van der Waals surface area contributed by atoms with Gasteiger partial charge in [-0.1, -0.05) is 23.7 Å². The molecular weight excluding hydrogens is 426 g/mol. The molecule has 0 saturated carbocycles. The zero-order chi connectivity index (χ0) is 22.2. The van der Waals surface area contributed by atoms with Crippen molar-refractivity contribution in [3.63, 3.8) is 0 Å². The summed E-state index contributed by atoms with van der Waals surface area (Å²) in [5.74, 6) is 0.110. The number of hydrogen-bond donors (Lipinski definition) is 3. The minimum atomic E-state index is -0.110. The molecule has 0 spiro atoms. The lowest BCUT2D eigenvalue weighted by atomic mass is 10.00. The number of benzene rings is 2. The molecule has 1 fully saturated rings. The number of phenols is 1. The maximum absolute atomic E-state index is 13.9. The van der Waals surface area contributed by atoms with Crippen LogP contribution in [0.5, 0.6) is 5.75 Å². The minimum Gasteiger partial charge on any atom is -0.508 e. The van der Waals surface area contributed by atoms with Crippen LogP contribution in [0.2, 0.25) is 5.02 Å². The molecule has 0 aliphatic carbocycles. The van der Waals surface area contributed by atoms with E-state index in [9.17, 15) is 9.90 Å². The fourth-order valence-corrected chi connectivity index (χ4v) is 4.34. The first-order valence-electron chi connectivity index (χ1n) is 10.4. The average Bonchev–Trinajstić information content (AvgIpc) is 3.20. The summed E-state index contributed by atoms with van der Waals surface area (Å²) in [7, 11) is 0. The van der Waals surface area contributed by atoms with Crippen molar-refractivity contribution in [2.24, 2.45) is 0 Å². The molecule has 3 heterocycles. The summed E-state index contributed by atoms with van der Waals surface area (Å²) in [4.78, 5) is 20.5. The van der Waals surface area contributed by atoms with E-state index in [2.05, 4.69) is 20.5 Å². The molecule has 162 valence electrons. The van der Waals surface area contributed by atoms with Crippen molar-refractivity contribution in [1.29, 1.82) is 0 Å². The highest BCUT2D eigenvalue weighted by molar-refractivity contribution is 6.30. The minimum absolute atomic E-state index is 0.0663. The largest absolute Gasteiger partial charge is 0.508 e. The van der Waals surface area contributed by atoms with E-state index in [4.69, 9.17) is 11.6 Å². The Kier molecular flexibility index (Phi) is 5.28. The van der Waals surface area contributed by atoms with Gasteiger partial charge in [-0.15, -0.1) is 0 Å². The summed E-state index contributed by atoms with van der Waals surface area (Å²) in [5, 5.41) is 21.7. The van der Waals surface area contributed by atoms with Crippen molar-refractivity contribution >= 4 is 28.5 Å². The van der Waals surface area contributed by atoms with Gasteiger partial charge >= 0.3 is 0 Å². The summed E-state index contributed by atoms with van der Waals surface area (Å²) in [5.41, 5.74) is 4.33. The Morgan fingerprint density at radius 1 is 1.16 bits per heavy atom. The average molecular weight is 448 g/mol. The van der Waals surface area contributed by atoms with Gasteiger partial charge in [0.15, 0.2) is 5.65 Å². The summed E-state index contributed by atoms with van der Waals surface area (Å²) < 4.78 is 0. The van der Waals surface area contributed by atoms with Gasteiger partial charge in [-0.05, 0) is 55.0 Å². The second-order valence-electron chi connectivity index (χ2n) is 7.90. The number of aryl methyl sites for hydroxylation is 1. The van der Waals surface area contributed by atoms with Crippen LogP contribution in [0.3, 0.4) is 0 Å². The van der Waals surface area contributed by atoms with E-state index in [1.54, 1.807) is 24.3 Å². The van der Waals surface area contributed by atoms with Crippen molar-refractivity contribution in [1.82, 2.24) is 25.4 Å². The van der Waals surface area contributed by atoms with Gasteiger partial charge in [-0.25, -0.2) is 4.98 Å². The first kappa shape index (κ1) is 20.5. The van der Waals surface area contributed by atoms with Gasteiger partial charge in [0.25, 0.3) is 5.91 Å². The van der Waals surface area contributed by atoms with Crippen LogP contribution in [0.25, 0.3) is 22.3 Å². The number of aromatic amines is 1. The number of hydrogen-bond acceptors (Lipinski definition) is 5. The lowest BCUT2D eigenvalue weighted by molar-refractivity contribution is 0.0636. The van der Waals surface area contributed by atoms with Gasteiger partial charge in [0.05, 0.1) is 28.4 Å². The maximum Gasteiger partial charge on any atom is 0.255 e. The second-order valence-corrected chi connectivity index (χ2v) is 8.34. The lowest BCUT2D eigenvalue weighted by Crippen LogP contribution is -2.48. The van der Waals surface area contributed by atoms with Gasteiger partial charge in [0.1, 0.15) is 5.75 Å². The molecule has 1 unspecified atom stereocenters. The SMILES string of the molecule is Cc1n[nH]c2nc(-c3ccc(O)cc3)cc(C(=O)N3CCNCC3c3ccc(Cl)cc3)c12. The number of carbonyl (C=O) groups is 1. The topological polar surface area (TPSA) is 94.1 Å². The first-order chi connectivity index (χ1) is 15.5. The van der Waals surface area contributed by atoms with E-state index in [-0.39, 0.29) is 17.7 Å². The van der Waals surface area contributed by atoms with E-state index in [1.807, 2.05) is 42.2 Å². The number of carbonyl (C=O) groups excluding carboxylic acids is 1. The zero-order valence-corrected chi connectivity index (χ0v) is 18.2. The van der Waals surface area contributed by atoms with Crippen LogP contribution in [0.1, 0.15) is 27.7 Å². The number of nitrogens with zero attached hydrogens (tertiary/aromatic N) is 3. The van der Waals surface area contributed by atoms with E-state index >= 15 is 0 Å². The van der Waals surface area contributed by atoms with Crippen LogP contribution in [0, 0.1) is 6.92 Å². The number of rotatable bonds is 3. The quantitative estimate of drug-likeness (QED) is 0.440. The highest BCUT2D eigenvalue weighted by Crippen LogP contribution is 2.31. The van der Waals surface area contributed by atoms with E-state index in [1.165, 1.54) is 0 Å². The number of fused-ring (bicyclic) bond motifs is 1. The molecule has 1 aliphatic heterocycles. The Morgan fingerprint density at radius 2 is 1.91 bits per heavy atom. The first-order valence-corrected chi connectivity index (χ1v) is 10.8. The molecule has 5 rings (SSSR count). The van der Waals surface area contributed by atoms with Crippen molar-refractivity contribution in [3.05, 3.63) is 76.4 Å². The number of pyridine rings is 1. The lowest BCUT2D eigenvalue weighted by Gasteiger charge is -2.37. The number of nitrogens with one attached hydrogen (secondary N) is 2. The van der Waals surface area contributed by atoms with Crippen LogP contribution in [-0.2, 0) is 0 Å². The smallest absolute Gasteiger partial charge is 0.255 e. The third kappa shape index (κ3) is 3.70. The number of phenolic OH excluding ortho intramolecular Hbond substituents is 1. The zero-order valence-electron chi connectivity index (χ0n) is 17.5. The van der Waals surface area contributed by atoms with E-state index in [0.717, 1.165) is 28.8 Å². The number of H-pyrrole nitrogens is 1. The molecule has 7 nitrogen and oxygen atoms in total. The molecule has 3 N–H and O–H groups in total. The molecule has 0 bridgehead atoms. The third-order valence-electron chi connectivity index (χ3n) is 5.86. The summed E-state index contributed by atoms with van der Waals surface area (Å²) in [6, 6.07) is 16.1. The molecule has 1 saturated heterocycles. The molecule has 2 aromatic heterocycles. The molecule has 1 amide bonds. The van der Waals surface area contributed by atoms with Gasteiger partial charge in [0, 0.05) is 30.2 Å². The fourth-order valence-electron chi connectivity index (χ4n) is 4.22. The molecule has 4 aromatic rings. The fraction of sp³-hybridized carbons (Fsp3) is 0.208. The number of aromatic nitrogens is 3. The van der Waals surface area contributed by atoms with Crippen LogP contribution < -0.4 is 5.32 Å². The third-order valence-corrected chi connectivity index (χ3v) is 6.12. The standard InChI is InChI=1S/C24H22ClN5O2/c1-14-22-19(12-20(27-23(22)29-28-14)15-4-8-18(31)9-5-15)24(32)30-11-10-26-13-21(30)16-2-6-17(25)7-3-16/h2-9,12,21,26,31H,10-11,13H2,1H3,(H,27,28,29). The van der Waals surface area contributed by atoms with E-state index < -0.39 is 0 Å². The Hall–Kier alpha value is -3.42. The van der Waals surface area contributed by atoms with Crippen LogP contribution in [0.4, 0.5) is 0 Å². The molecule has 2 aromatic carbocycles. The Bertz CT molecular complexity index is 1280. The number of amides is 1. The molecule has 0 radical (unpaired) electrons. The van der Waals surface area contributed by atoms with Gasteiger partial charge in [-0.3, -0.25) is 9.89 Å². The van der Waals surface area contributed by atoms with Crippen LogP contribution >= 0.6 is 11.6 Å². The predicted molar refractivity (Wildman–Crippen MR) is 124 cm³/mol. The predicted octanol–water partition coefficient (Wildman–Crippen LogP) is 4.08. The second kappa shape index (κ2) is 8.26. The number of aromatic hydroxyl groups is 1. The maximum atomic E-state index is 13.9. The summed E-state index contributed by atoms with van der Waals surface area (Å²) in [6.45, 7) is 3.84. The summed E-state index contributed by atoms with van der Waals surface area (Å²) >= 11 is 6.07. The number of halogens is 1. The van der Waals surface area contributed by atoms with Crippen molar-refractivity contribution < 1.29 is 9.90 Å². The molecule has 32 heavy (non-hydrogen) atoms. The Balaban J connectivity index is 1.60. The van der Waals surface area contributed by atoms with Crippen LogP contribution in [-0.4, -0.2) is 50.7 Å². The van der Waals surface area contributed by atoms with Crippen molar-refractivity contribution in [2.45, 2.75) is 13.0 Å². The van der Waals surface area contributed by atoms with Gasteiger partial charge in [-0.2, -0.15) is 5.10 Å². The highest BCUT2D eigenvalue weighted by atomic mass is 35.5. The molecule has 1 aliphatic rings. The van der Waals surface area contributed by atoms with Crippen LogP contribution in [0.15, 0.2) is 54.6 Å². The Labute approximate surface area is 190 Å². The number of piperazine rings is 1. The van der Waals surface area contributed by atoms with Crippen molar-refractivity contribution in [3.8, 4) is 17.0 Å². The van der Waals surface area contributed by atoms with E-state index in [0.29, 0.717) is 35.0 Å². The van der Waals surface area contributed by atoms with Gasteiger partial charge in [0.2, 0.25) is 0 Å². The normalized spacial score (nSPS) is 16.4. The monoisotopic (exact) mass is 447 g/mol. The summed E-state index contributed by atoms with van der Waals surface area (Å²) in [6.07, 6.45) is 0. The van der Waals surface area contributed by atoms with Crippen molar-refractivity contribution in [2.75, 3.05) is 19.6 Å². The molecular formula is C24H22ClN5O2. The Morgan fingerprint density at radius 3 is 2.66 bits per heavy atom.